The third-order valence-corrected chi connectivity index (χ3v) is 14.2. The lowest BCUT2D eigenvalue weighted by Crippen LogP contribution is -2.61. The number of likely N-dealkylation sites (N-methyl/N-ethyl adjacent to an activating group) is 1. The van der Waals surface area contributed by atoms with E-state index >= 15 is 0 Å². The van der Waals surface area contributed by atoms with Gasteiger partial charge in [-0.1, -0.05) is 39.3 Å². The van der Waals surface area contributed by atoms with Gasteiger partial charge in [0.25, 0.3) is 0 Å². The third kappa shape index (κ3) is 12.1. The van der Waals surface area contributed by atoms with Gasteiger partial charge in [0.2, 0.25) is 5.79 Å². The fraction of sp³-hybridized carbons (Fsp3) is 0.957. The average molecular weight is 889 g/mol. The molecule has 1 saturated carbocycles. The maximum absolute atomic E-state index is 14.5. The Balaban J connectivity index is 1.90. The molecule has 0 aromatic rings. The van der Waals surface area contributed by atoms with Gasteiger partial charge in [-0.05, 0) is 102 Å². The zero-order chi connectivity index (χ0) is 46.7. The standard InChI is InChI=1S/C46H84N2O14/c1-16-33-45(12,54)38(50)28(6)35(47-62-46(61-25(2)3)20-18-17-19-21-46)26(4)23-43(10,53)40(60-42-36(49)32(48(13)14)22-27(5)56-42)29(7)37(30(8)41(52)58-33)59-34-24-44(11,55-15)39(51)31(9)57-34/h25-34,36-40,42,49-51,53-54H,16-24H2,1-15H3/b47-35+/t26-,27-,28-,29+,30-,31+,32+,33?,34+,36-,37?,38-,39+,40-,42+,43-,44-,45-/m1/s1. The predicted octanol–water partition coefficient (Wildman–Crippen LogP) is 4.67. The molecule has 4 aliphatic rings. The maximum Gasteiger partial charge on any atom is 0.311 e. The van der Waals surface area contributed by atoms with E-state index in [1.165, 1.54) is 14.0 Å². The van der Waals surface area contributed by atoms with Gasteiger partial charge < -0.3 is 68.4 Å². The van der Waals surface area contributed by atoms with E-state index in [9.17, 15) is 30.3 Å². The Labute approximate surface area is 371 Å². The molecule has 362 valence electrons. The van der Waals surface area contributed by atoms with E-state index in [2.05, 4.69) is 0 Å². The van der Waals surface area contributed by atoms with E-state index in [1.54, 1.807) is 48.5 Å². The largest absolute Gasteiger partial charge is 0.459 e. The Morgan fingerprint density at radius 1 is 0.887 bits per heavy atom. The lowest BCUT2D eigenvalue weighted by molar-refractivity contribution is -0.318. The van der Waals surface area contributed by atoms with E-state index in [0.29, 0.717) is 25.0 Å². The van der Waals surface area contributed by atoms with Crippen molar-refractivity contribution >= 4 is 11.7 Å². The first-order chi connectivity index (χ1) is 28.7. The summed E-state index contributed by atoms with van der Waals surface area (Å²) >= 11 is 0. The number of aliphatic hydroxyl groups is 5. The zero-order valence-electron chi connectivity index (χ0n) is 40.4. The van der Waals surface area contributed by atoms with Crippen LogP contribution in [0.1, 0.15) is 141 Å². The third-order valence-electron chi connectivity index (χ3n) is 14.2. The van der Waals surface area contributed by atoms with Crippen LogP contribution in [0.15, 0.2) is 5.16 Å². The van der Waals surface area contributed by atoms with E-state index in [1.807, 2.05) is 46.7 Å². The molecule has 5 N–H and O–H groups in total. The van der Waals surface area contributed by atoms with Crippen LogP contribution in [0.3, 0.4) is 0 Å². The number of aliphatic hydroxyl groups excluding tert-OH is 3. The minimum Gasteiger partial charge on any atom is -0.459 e. The van der Waals surface area contributed by atoms with Crippen molar-refractivity contribution in [2.75, 3.05) is 21.2 Å². The van der Waals surface area contributed by atoms with E-state index in [4.69, 9.17) is 43.2 Å². The summed E-state index contributed by atoms with van der Waals surface area (Å²) in [7, 11) is 5.26. The zero-order valence-corrected chi connectivity index (χ0v) is 40.4. The fourth-order valence-electron chi connectivity index (χ4n) is 10.5. The van der Waals surface area contributed by atoms with Crippen LogP contribution in [0.25, 0.3) is 0 Å². The van der Waals surface area contributed by atoms with Gasteiger partial charge in [-0.15, -0.1) is 0 Å². The van der Waals surface area contributed by atoms with Gasteiger partial charge >= 0.3 is 5.97 Å². The van der Waals surface area contributed by atoms with Crippen molar-refractivity contribution in [2.45, 2.75) is 237 Å². The summed E-state index contributed by atoms with van der Waals surface area (Å²) in [6, 6.07) is -0.324. The molecule has 16 heteroatoms. The number of hydrogen-bond donors (Lipinski definition) is 5. The van der Waals surface area contributed by atoms with Crippen LogP contribution in [-0.2, 0) is 42.8 Å². The second-order valence-electron chi connectivity index (χ2n) is 20.3. The summed E-state index contributed by atoms with van der Waals surface area (Å²) in [5.74, 6) is -5.10. The molecule has 4 rings (SSSR count). The van der Waals surface area contributed by atoms with Gasteiger partial charge in [0, 0.05) is 50.2 Å². The molecule has 4 fully saturated rings. The molecule has 16 nitrogen and oxygen atoms in total. The SMILES string of the molecule is CCC1OC(=O)[C@H](C)C(O[C@H]2C[C@@](C)(OC)[C@@H](O)[C@H](C)O2)[C@H](C)[C@@H](O[C@@H]2O[C@H](C)C[C@H](N(C)C)[C@H]2O)[C@](C)(O)C[C@@H](C)/C(=N\OC2(OC(C)C)CCCCC2)[C@@H](C)[C@@H](O)[C@]1(C)O. The van der Waals surface area contributed by atoms with Crippen molar-refractivity contribution in [2.24, 2.45) is 28.8 Å². The van der Waals surface area contributed by atoms with Crippen molar-refractivity contribution in [1.82, 2.24) is 4.90 Å². The lowest BCUT2D eigenvalue weighted by Gasteiger charge is -2.49. The number of esters is 1. The molecular weight excluding hydrogens is 805 g/mol. The van der Waals surface area contributed by atoms with Crippen LogP contribution in [0.5, 0.6) is 0 Å². The van der Waals surface area contributed by atoms with Gasteiger partial charge in [-0.25, -0.2) is 0 Å². The molecule has 3 aliphatic heterocycles. The van der Waals surface area contributed by atoms with E-state index in [-0.39, 0.29) is 37.5 Å². The number of nitrogens with zero attached hydrogens (tertiary/aromatic N) is 2. The van der Waals surface area contributed by atoms with Gasteiger partial charge in [0.15, 0.2) is 12.6 Å². The van der Waals surface area contributed by atoms with Crippen molar-refractivity contribution in [3.8, 4) is 0 Å². The van der Waals surface area contributed by atoms with Crippen LogP contribution in [0.4, 0.5) is 0 Å². The number of cyclic esters (lactones) is 1. The number of oxime groups is 1. The lowest BCUT2D eigenvalue weighted by atomic mass is 9.73. The monoisotopic (exact) mass is 889 g/mol. The predicted molar refractivity (Wildman–Crippen MR) is 232 cm³/mol. The first-order valence-electron chi connectivity index (χ1n) is 23.2. The summed E-state index contributed by atoms with van der Waals surface area (Å²) in [5, 5.41) is 64.9. The molecule has 0 amide bonds. The fourth-order valence-corrected chi connectivity index (χ4v) is 10.5. The smallest absolute Gasteiger partial charge is 0.311 e. The summed E-state index contributed by atoms with van der Waals surface area (Å²) in [4.78, 5) is 22.8. The maximum atomic E-state index is 14.5. The number of carbonyl (C=O) groups is 1. The van der Waals surface area contributed by atoms with Crippen molar-refractivity contribution < 1.29 is 68.3 Å². The van der Waals surface area contributed by atoms with Crippen molar-refractivity contribution in [3.05, 3.63) is 0 Å². The average Bonchev–Trinajstić information content (AvgIpc) is 3.19. The first kappa shape index (κ1) is 53.1. The van der Waals surface area contributed by atoms with E-state index < -0.39 is 108 Å². The summed E-state index contributed by atoms with van der Waals surface area (Å²) in [5.41, 5.74) is -4.43. The van der Waals surface area contributed by atoms with Crippen LogP contribution >= 0.6 is 0 Å². The van der Waals surface area contributed by atoms with Gasteiger partial charge in [-0.3, -0.25) is 4.79 Å². The van der Waals surface area contributed by atoms with Crippen LogP contribution in [0.2, 0.25) is 0 Å². The van der Waals surface area contributed by atoms with Crippen molar-refractivity contribution in [3.63, 3.8) is 0 Å². The highest BCUT2D eigenvalue weighted by atomic mass is 16.8. The molecular formula is C46H84N2O14. The molecule has 0 aromatic heterocycles. The van der Waals surface area contributed by atoms with Crippen LogP contribution in [0, 0.1) is 23.7 Å². The first-order valence-corrected chi connectivity index (χ1v) is 23.2. The Morgan fingerprint density at radius 3 is 2.08 bits per heavy atom. The molecule has 62 heavy (non-hydrogen) atoms. The van der Waals surface area contributed by atoms with Crippen LogP contribution in [-0.4, -0.2) is 159 Å². The van der Waals surface area contributed by atoms with Crippen LogP contribution < -0.4 is 0 Å². The van der Waals surface area contributed by atoms with E-state index in [0.717, 1.165) is 19.3 Å². The Morgan fingerprint density at radius 2 is 1.52 bits per heavy atom. The summed E-state index contributed by atoms with van der Waals surface area (Å²) in [6.45, 7) is 21.1. The number of methoxy groups -OCH3 is 1. The molecule has 3 heterocycles. The number of ether oxygens (including phenoxy) is 7. The molecule has 2 unspecified atom stereocenters. The molecule has 3 saturated heterocycles. The normalized spacial score (nSPS) is 46.1. The molecule has 18 atom stereocenters. The Bertz CT molecular complexity index is 1460. The highest BCUT2D eigenvalue weighted by molar-refractivity contribution is 5.88. The summed E-state index contributed by atoms with van der Waals surface area (Å²) in [6.07, 6.45) is -5.52. The second kappa shape index (κ2) is 21.4. The highest BCUT2D eigenvalue weighted by Crippen LogP contribution is 2.42. The topological polar surface area (TPSA) is 208 Å². The second-order valence-corrected chi connectivity index (χ2v) is 20.3. The van der Waals surface area contributed by atoms with Gasteiger partial charge in [0.1, 0.15) is 23.9 Å². The molecule has 1 aliphatic carbocycles. The Hall–Kier alpha value is -1.54. The van der Waals surface area contributed by atoms with Crippen molar-refractivity contribution in [1.29, 1.82) is 0 Å². The van der Waals surface area contributed by atoms with Gasteiger partial charge in [-0.2, -0.15) is 0 Å². The molecule has 0 aromatic carbocycles. The minimum absolute atomic E-state index is 0.00935. The summed E-state index contributed by atoms with van der Waals surface area (Å²) < 4.78 is 44.4. The minimum atomic E-state index is -1.96. The number of carbonyl (C=O) groups excluding carboxylic acids is 1. The molecule has 0 radical (unpaired) electrons. The molecule has 0 spiro atoms. The highest BCUT2D eigenvalue weighted by Gasteiger charge is 2.53. The quantitative estimate of drug-likeness (QED) is 0.109. The molecule has 0 bridgehead atoms. The Kier molecular flexibility index (Phi) is 18.3. The number of hydrogen-bond acceptors (Lipinski definition) is 16. The number of rotatable bonds is 11. The van der Waals surface area contributed by atoms with Gasteiger partial charge in [0.05, 0.1) is 59.5 Å².